The molecule has 0 bridgehead atoms. The van der Waals surface area contributed by atoms with Crippen molar-refractivity contribution in [3.63, 3.8) is 0 Å². The van der Waals surface area contributed by atoms with Crippen LogP contribution in [0.4, 0.5) is 11.4 Å². The number of aromatic nitrogens is 2. The number of hydrogen-bond donors (Lipinski definition) is 1. The van der Waals surface area contributed by atoms with Crippen LogP contribution in [0.15, 0.2) is 65.9 Å². The van der Waals surface area contributed by atoms with Gasteiger partial charge in [-0.3, -0.25) is 19.5 Å². The lowest BCUT2D eigenvalue weighted by atomic mass is 10.0. The lowest BCUT2D eigenvalue weighted by molar-refractivity contribution is -0.132. The maximum atomic E-state index is 13.1. The third-order valence-corrected chi connectivity index (χ3v) is 8.15. The van der Waals surface area contributed by atoms with E-state index in [1.165, 1.54) is 5.56 Å². The highest BCUT2D eigenvalue weighted by molar-refractivity contribution is 6.05. The van der Waals surface area contributed by atoms with Crippen molar-refractivity contribution in [2.45, 2.75) is 26.3 Å². The van der Waals surface area contributed by atoms with Crippen molar-refractivity contribution in [2.24, 2.45) is 10.9 Å². The largest absolute Gasteiger partial charge is 0.368 e. The van der Waals surface area contributed by atoms with Crippen molar-refractivity contribution in [2.75, 3.05) is 56.0 Å². The Labute approximate surface area is 234 Å². The third kappa shape index (κ3) is 5.60. The number of carbonyl (C=O) groups excluding carboxylic acids is 2. The fourth-order valence-corrected chi connectivity index (χ4v) is 5.84. The van der Waals surface area contributed by atoms with Crippen molar-refractivity contribution in [3.05, 3.63) is 72.1 Å². The summed E-state index contributed by atoms with van der Waals surface area (Å²) in [5.41, 5.74) is 6.43. The summed E-state index contributed by atoms with van der Waals surface area (Å²) in [5, 5.41) is 3.10. The van der Waals surface area contributed by atoms with Crippen molar-refractivity contribution < 1.29 is 9.59 Å². The van der Waals surface area contributed by atoms with Crippen LogP contribution in [-0.2, 0) is 16.1 Å². The van der Waals surface area contributed by atoms with Gasteiger partial charge in [-0.2, -0.15) is 0 Å². The predicted octanol–water partition coefficient (Wildman–Crippen LogP) is 3.47. The molecule has 0 saturated carbocycles. The number of hydrogen-bond acceptors (Lipinski definition) is 7. The van der Waals surface area contributed by atoms with E-state index >= 15 is 0 Å². The first-order valence-electron chi connectivity index (χ1n) is 14.2. The van der Waals surface area contributed by atoms with Crippen LogP contribution in [0, 0.1) is 5.92 Å². The van der Waals surface area contributed by atoms with Gasteiger partial charge in [0.15, 0.2) is 5.82 Å². The Hall–Kier alpha value is -4.11. The highest BCUT2D eigenvalue weighted by atomic mass is 16.2. The van der Waals surface area contributed by atoms with Crippen LogP contribution < -0.4 is 10.2 Å². The number of fused-ring (bicyclic) bond motifs is 1. The van der Waals surface area contributed by atoms with Crippen molar-refractivity contribution in [1.29, 1.82) is 0 Å². The Morgan fingerprint density at radius 1 is 0.975 bits per heavy atom. The molecule has 9 heteroatoms. The molecule has 4 heterocycles. The van der Waals surface area contributed by atoms with Gasteiger partial charge in [-0.15, -0.1) is 0 Å². The molecule has 3 aromatic rings. The second-order valence-corrected chi connectivity index (χ2v) is 10.7. The Kier molecular flexibility index (Phi) is 7.55. The minimum Gasteiger partial charge on any atom is -0.368 e. The summed E-state index contributed by atoms with van der Waals surface area (Å²) >= 11 is 0. The van der Waals surface area contributed by atoms with E-state index in [4.69, 9.17) is 0 Å². The molecule has 0 aliphatic carbocycles. The smallest absolute Gasteiger partial charge is 0.236 e. The standard InChI is InChI=1S/C31H35N7O2/c1-2-28-27-18-25(7-4-23(27)19-34-28)35-31(40)24-10-13-36(20-24)21-29(39)38-16-14-37(15-17-38)26-8-5-22(6-9-26)30-32-11-3-12-33-30/h3-9,11-12,18,24H,2,10,13-17,19-21H2,1H3,(H,35,40). The van der Waals surface area contributed by atoms with E-state index in [0.717, 1.165) is 73.1 Å². The summed E-state index contributed by atoms with van der Waals surface area (Å²) in [6, 6.07) is 16.2. The minimum atomic E-state index is -0.110. The van der Waals surface area contributed by atoms with E-state index in [0.29, 0.717) is 26.2 Å². The van der Waals surface area contributed by atoms with E-state index in [2.05, 4.69) is 55.2 Å². The predicted molar refractivity (Wildman–Crippen MR) is 156 cm³/mol. The molecule has 2 amide bonds. The second-order valence-electron chi connectivity index (χ2n) is 10.7. The summed E-state index contributed by atoms with van der Waals surface area (Å²) in [6.45, 7) is 7.55. The van der Waals surface area contributed by atoms with Crippen LogP contribution in [0.5, 0.6) is 0 Å². The number of amides is 2. The molecular weight excluding hydrogens is 502 g/mol. The Morgan fingerprint density at radius 2 is 1.75 bits per heavy atom. The first kappa shape index (κ1) is 26.1. The van der Waals surface area contributed by atoms with Gasteiger partial charge in [0, 0.05) is 73.3 Å². The van der Waals surface area contributed by atoms with Gasteiger partial charge >= 0.3 is 0 Å². The zero-order chi connectivity index (χ0) is 27.5. The van der Waals surface area contributed by atoms with Crippen molar-refractivity contribution in [3.8, 4) is 11.4 Å². The first-order valence-corrected chi connectivity index (χ1v) is 14.2. The quantitative estimate of drug-likeness (QED) is 0.496. The Balaban J connectivity index is 0.963. The number of nitrogens with zero attached hydrogens (tertiary/aromatic N) is 6. The van der Waals surface area contributed by atoms with E-state index in [9.17, 15) is 9.59 Å². The Morgan fingerprint density at radius 3 is 2.50 bits per heavy atom. The molecule has 3 aliphatic heterocycles. The number of likely N-dealkylation sites (tertiary alicyclic amines) is 1. The summed E-state index contributed by atoms with van der Waals surface area (Å²) < 4.78 is 0. The van der Waals surface area contributed by atoms with Gasteiger partial charge in [0.05, 0.1) is 19.0 Å². The van der Waals surface area contributed by atoms with Crippen LogP contribution in [0.25, 0.3) is 11.4 Å². The summed E-state index contributed by atoms with van der Waals surface area (Å²) in [5.74, 6) is 0.778. The van der Waals surface area contributed by atoms with E-state index in [1.807, 2.05) is 35.2 Å². The second kappa shape index (κ2) is 11.6. The number of rotatable bonds is 7. The van der Waals surface area contributed by atoms with Gasteiger partial charge in [0.1, 0.15) is 0 Å². The summed E-state index contributed by atoms with van der Waals surface area (Å²) in [7, 11) is 0. The number of benzene rings is 2. The molecule has 40 heavy (non-hydrogen) atoms. The highest BCUT2D eigenvalue weighted by Crippen LogP contribution is 2.26. The minimum absolute atomic E-state index is 0.0290. The normalized spacial score (nSPS) is 18.9. The molecule has 206 valence electrons. The average molecular weight is 538 g/mol. The maximum Gasteiger partial charge on any atom is 0.236 e. The highest BCUT2D eigenvalue weighted by Gasteiger charge is 2.31. The zero-order valence-corrected chi connectivity index (χ0v) is 22.9. The number of nitrogens with one attached hydrogen (secondary N) is 1. The fourth-order valence-electron chi connectivity index (χ4n) is 5.84. The number of carbonyl (C=O) groups is 2. The van der Waals surface area contributed by atoms with Crippen LogP contribution >= 0.6 is 0 Å². The maximum absolute atomic E-state index is 13.1. The molecule has 1 unspecified atom stereocenters. The third-order valence-electron chi connectivity index (χ3n) is 8.15. The Bertz CT molecular complexity index is 1400. The van der Waals surface area contributed by atoms with Gasteiger partial charge in [-0.05, 0) is 67.4 Å². The van der Waals surface area contributed by atoms with Gasteiger partial charge in [-0.25, -0.2) is 9.97 Å². The molecule has 3 aliphatic rings. The first-order chi connectivity index (χ1) is 19.6. The molecule has 2 aromatic carbocycles. The molecule has 2 fully saturated rings. The van der Waals surface area contributed by atoms with Gasteiger partial charge in [0.2, 0.25) is 11.8 Å². The van der Waals surface area contributed by atoms with E-state index < -0.39 is 0 Å². The fraction of sp³-hybridized carbons (Fsp3) is 0.387. The van der Waals surface area contributed by atoms with Crippen molar-refractivity contribution >= 4 is 28.9 Å². The average Bonchev–Trinajstić information content (AvgIpc) is 3.64. The van der Waals surface area contributed by atoms with Crippen LogP contribution in [0.3, 0.4) is 0 Å². The lowest BCUT2D eigenvalue weighted by Gasteiger charge is -2.36. The van der Waals surface area contributed by atoms with Crippen molar-refractivity contribution in [1.82, 2.24) is 19.8 Å². The summed E-state index contributed by atoms with van der Waals surface area (Å²) in [6.07, 6.45) is 5.15. The number of piperazine rings is 1. The molecule has 1 N–H and O–H groups in total. The SMILES string of the molecule is CCC1=NCc2ccc(NC(=O)C3CCN(CC(=O)N4CCN(c5ccc(-c6ncccn6)cc5)CC4)C3)cc21. The number of aliphatic imine (C=N–C) groups is 1. The molecular formula is C31H35N7O2. The molecule has 6 rings (SSSR count). The zero-order valence-electron chi connectivity index (χ0n) is 22.9. The van der Waals surface area contributed by atoms with Gasteiger partial charge in [0.25, 0.3) is 0 Å². The lowest BCUT2D eigenvalue weighted by Crippen LogP contribution is -2.51. The monoisotopic (exact) mass is 537 g/mol. The molecule has 1 atom stereocenters. The van der Waals surface area contributed by atoms with Crippen LogP contribution in [0.2, 0.25) is 0 Å². The molecule has 0 spiro atoms. The van der Waals surface area contributed by atoms with Gasteiger partial charge in [-0.1, -0.05) is 13.0 Å². The van der Waals surface area contributed by atoms with Crippen LogP contribution in [0.1, 0.15) is 30.9 Å². The van der Waals surface area contributed by atoms with Gasteiger partial charge < -0.3 is 15.1 Å². The van der Waals surface area contributed by atoms with E-state index in [1.54, 1.807) is 12.4 Å². The molecule has 9 nitrogen and oxygen atoms in total. The molecule has 0 radical (unpaired) electrons. The van der Waals surface area contributed by atoms with E-state index in [-0.39, 0.29) is 17.7 Å². The van der Waals surface area contributed by atoms with Crippen LogP contribution in [-0.4, -0.2) is 83.1 Å². The molecule has 1 aromatic heterocycles. The summed E-state index contributed by atoms with van der Waals surface area (Å²) in [4.78, 5) is 45.7. The molecule has 2 saturated heterocycles. The number of anilines is 2. The topological polar surface area (TPSA) is 94.0 Å².